The topological polar surface area (TPSA) is 30.0 Å². The van der Waals surface area contributed by atoms with Gasteiger partial charge in [-0.05, 0) is 23.9 Å². The van der Waals surface area contributed by atoms with Crippen molar-refractivity contribution in [2.24, 2.45) is 0 Å². The number of carbonyl (C=O) groups excluding carboxylic acids is 1. The Hall–Kier alpha value is -1.96. The molecule has 0 aliphatic carbocycles. The van der Waals surface area contributed by atoms with E-state index in [0.717, 1.165) is 22.8 Å². The molecular weight excluding hydrogens is 198 g/mol. The van der Waals surface area contributed by atoms with E-state index in [1.54, 1.807) is 18.5 Å². The molecule has 16 heavy (non-hydrogen) atoms. The van der Waals surface area contributed by atoms with E-state index in [0.29, 0.717) is 0 Å². The molecule has 0 radical (unpaired) electrons. The number of hydrogen-bond acceptors (Lipinski definition) is 2. The van der Waals surface area contributed by atoms with Crippen molar-refractivity contribution in [3.63, 3.8) is 0 Å². The van der Waals surface area contributed by atoms with Gasteiger partial charge in [0.25, 0.3) is 0 Å². The van der Waals surface area contributed by atoms with Crippen molar-refractivity contribution in [1.29, 1.82) is 0 Å². The van der Waals surface area contributed by atoms with Crippen LogP contribution in [0.25, 0.3) is 10.8 Å². The number of carbonyl (C=O) groups is 1. The van der Waals surface area contributed by atoms with Gasteiger partial charge in [0.05, 0.1) is 0 Å². The zero-order valence-electron chi connectivity index (χ0n) is 9.18. The minimum Gasteiger partial charge on any atom is -0.289 e. The Morgan fingerprint density at radius 3 is 3.06 bits per heavy atom. The molecule has 0 saturated heterocycles. The largest absolute Gasteiger partial charge is 0.289 e. The molecule has 0 aliphatic heterocycles. The Balaban J connectivity index is 2.52. The van der Waals surface area contributed by atoms with Gasteiger partial charge in [0.15, 0.2) is 5.78 Å². The summed E-state index contributed by atoms with van der Waals surface area (Å²) in [4.78, 5) is 16.0. The van der Waals surface area contributed by atoms with E-state index < -0.39 is 0 Å². The maximum absolute atomic E-state index is 11.9. The van der Waals surface area contributed by atoms with Crippen molar-refractivity contribution in [3.05, 3.63) is 54.4 Å². The lowest BCUT2D eigenvalue weighted by molar-refractivity contribution is 0.104. The molecule has 2 rings (SSSR count). The zero-order valence-corrected chi connectivity index (χ0v) is 9.18. The summed E-state index contributed by atoms with van der Waals surface area (Å²) in [6.45, 7) is 2.01. The van der Waals surface area contributed by atoms with Crippen molar-refractivity contribution in [1.82, 2.24) is 4.98 Å². The van der Waals surface area contributed by atoms with Crippen LogP contribution >= 0.6 is 0 Å². The van der Waals surface area contributed by atoms with Crippen LogP contribution in [0.3, 0.4) is 0 Å². The number of aromatic nitrogens is 1. The second-order valence-electron chi connectivity index (χ2n) is 3.58. The van der Waals surface area contributed by atoms with Crippen LogP contribution in [0.1, 0.15) is 23.7 Å². The number of allylic oxidation sites excluding steroid dienone is 2. The standard InChI is InChI=1S/C14H13NO/c1-2-3-7-14(16)12-6-4-5-11-8-9-15-10-13(11)12/h3-10H,2H2,1H3/b7-3+. The van der Waals surface area contributed by atoms with Gasteiger partial charge in [-0.25, -0.2) is 0 Å². The van der Waals surface area contributed by atoms with Crippen LogP contribution in [0.15, 0.2) is 48.8 Å². The van der Waals surface area contributed by atoms with Gasteiger partial charge in [0.1, 0.15) is 0 Å². The van der Waals surface area contributed by atoms with Gasteiger partial charge in [-0.15, -0.1) is 0 Å². The highest BCUT2D eigenvalue weighted by atomic mass is 16.1. The van der Waals surface area contributed by atoms with Crippen molar-refractivity contribution in [2.75, 3.05) is 0 Å². The maximum Gasteiger partial charge on any atom is 0.186 e. The Bertz CT molecular complexity index is 538. The van der Waals surface area contributed by atoms with E-state index in [-0.39, 0.29) is 5.78 Å². The van der Waals surface area contributed by atoms with E-state index >= 15 is 0 Å². The van der Waals surface area contributed by atoms with E-state index in [4.69, 9.17) is 0 Å². The average Bonchev–Trinajstić information content (AvgIpc) is 2.35. The molecule has 1 aromatic carbocycles. The van der Waals surface area contributed by atoms with Gasteiger partial charge in [-0.3, -0.25) is 9.78 Å². The molecule has 2 aromatic rings. The maximum atomic E-state index is 11.9. The lowest BCUT2D eigenvalue weighted by Crippen LogP contribution is -1.95. The van der Waals surface area contributed by atoms with E-state index in [1.165, 1.54) is 0 Å². The normalized spacial score (nSPS) is 11.1. The second kappa shape index (κ2) is 4.71. The lowest BCUT2D eigenvalue weighted by atomic mass is 10.0. The van der Waals surface area contributed by atoms with Crippen molar-refractivity contribution < 1.29 is 4.79 Å². The Morgan fingerprint density at radius 2 is 2.25 bits per heavy atom. The quantitative estimate of drug-likeness (QED) is 0.575. The number of rotatable bonds is 3. The van der Waals surface area contributed by atoms with Crippen molar-refractivity contribution >= 4 is 16.6 Å². The highest BCUT2D eigenvalue weighted by Gasteiger charge is 2.06. The smallest absolute Gasteiger partial charge is 0.186 e. The fourth-order valence-corrected chi connectivity index (χ4v) is 1.64. The highest BCUT2D eigenvalue weighted by Crippen LogP contribution is 2.18. The third-order valence-corrected chi connectivity index (χ3v) is 2.45. The Kier molecular flexibility index (Phi) is 3.10. The SMILES string of the molecule is CC/C=C/C(=O)c1cccc2ccncc12. The zero-order chi connectivity index (χ0) is 11.4. The Labute approximate surface area is 94.6 Å². The van der Waals surface area contributed by atoms with Crippen LogP contribution in [-0.2, 0) is 0 Å². The molecule has 0 aliphatic rings. The molecular formula is C14H13NO. The predicted molar refractivity (Wildman–Crippen MR) is 65.5 cm³/mol. The van der Waals surface area contributed by atoms with Gasteiger partial charge in [0.2, 0.25) is 0 Å². The number of fused-ring (bicyclic) bond motifs is 1. The third-order valence-electron chi connectivity index (χ3n) is 2.45. The summed E-state index contributed by atoms with van der Waals surface area (Å²) >= 11 is 0. The van der Waals surface area contributed by atoms with Crippen LogP contribution in [0, 0.1) is 0 Å². The minimum atomic E-state index is 0.0421. The van der Waals surface area contributed by atoms with Crippen LogP contribution in [0.4, 0.5) is 0 Å². The summed E-state index contributed by atoms with van der Waals surface area (Å²) in [6, 6.07) is 7.63. The van der Waals surface area contributed by atoms with Crippen LogP contribution in [0.5, 0.6) is 0 Å². The van der Waals surface area contributed by atoms with Gasteiger partial charge >= 0.3 is 0 Å². The fourth-order valence-electron chi connectivity index (χ4n) is 1.64. The van der Waals surface area contributed by atoms with E-state index in [2.05, 4.69) is 4.98 Å². The first-order chi connectivity index (χ1) is 7.83. The molecule has 2 nitrogen and oxygen atoms in total. The molecule has 0 unspecified atom stereocenters. The van der Waals surface area contributed by atoms with Crippen LogP contribution in [0.2, 0.25) is 0 Å². The molecule has 0 amide bonds. The van der Waals surface area contributed by atoms with Gasteiger partial charge in [0, 0.05) is 23.3 Å². The molecule has 0 N–H and O–H groups in total. The number of hydrogen-bond donors (Lipinski definition) is 0. The summed E-state index contributed by atoms with van der Waals surface area (Å²) in [5, 5.41) is 1.96. The summed E-state index contributed by atoms with van der Waals surface area (Å²) in [5.41, 5.74) is 0.718. The van der Waals surface area contributed by atoms with E-state index in [1.807, 2.05) is 37.3 Å². The van der Waals surface area contributed by atoms with Gasteiger partial charge in [-0.1, -0.05) is 31.2 Å². The highest BCUT2D eigenvalue weighted by molar-refractivity contribution is 6.13. The molecule has 0 fully saturated rings. The van der Waals surface area contributed by atoms with E-state index in [9.17, 15) is 4.79 Å². The summed E-state index contributed by atoms with van der Waals surface area (Å²) < 4.78 is 0. The van der Waals surface area contributed by atoms with Crippen molar-refractivity contribution in [2.45, 2.75) is 13.3 Å². The Morgan fingerprint density at radius 1 is 1.38 bits per heavy atom. The van der Waals surface area contributed by atoms with Gasteiger partial charge in [-0.2, -0.15) is 0 Å². The first-order valence-corrected chi connectivity index (χ1v) is 5.36. The lowest BCUT2D eigenvalue weighted by Gasteiger charge is -2.01. The first-order valence-electron chi connectivity index (χ1n) is 5.36. The molecule has 0 bridgehead atoms. The van der Waals surface area contributed by atoms with Gasteiger partial charge < -0.3 is 0 Å². The van der Waals surface area contributed by atoms with Crippen LogP contribution < -0.4 is 0 Å². The number of pyridine rings is 1. The average molecular weight is 211 g/mol. The van der Waals surface area contributed by atoms with Crippen molar-refractivity contribution in [3.8, 4) is 0 Å². The third kappa shape index (κ3) is 2.01. The summed E-state index contributed by atoms with van der Waals surface area (Å²) in [5.74, 6) is 0.0421. The first kappa shape index (κ1) is 10.6. The molecule has 2 heteroatoms. The molecule has 0 saturated carbocycles. The molecule has 0 atom stereocenters. The molecule has 0 spiro atoms. The molecule has 1 heterocycles. The molecule has 80 valence electrons. The predicted octanol–water partition coefficient (Wildman–Crippen LogP) is 3.38. The van der Waals surface area contributed by atoms with Crippen LogP contribution in [-0.4, -0.2) is 10.8 Å². The number of benzene rings is 1. The fraction of sp³-hybridized carbons (Fsp3) is 0.143. The monoisotopic (exact) mass is 211 g/mol. The number of nitrogens with zero attached hydrogens (tertiary/aromatic N) is 1. The second-order valence-corrected chi connectivity index (χ2v) is 3.58. The summed E-state index contributed by atoms with van der Waals surface area (Å²) in [7, 11) is 0. The minimum absolute atomic E-state index is 0.0421. The molecule has 1 aromatic heterocycles. The summed E-state index contributed by atoms with van der Waals surface area (Å²) in [6.07, 6.45) is 7.84. The number of ketones is 1.